The monoisotopic (exact) mass is 453 g/mol. The minimum atomic E-state index is -0.468. The summed E-state index contributed by atoms with van der Waals surface area (Å²) < 4.78 is 0. The van der Waals surface area contributed by atoms with Gasteiger partial charge in [0.1, 0.15) is 0 Å². The van der Waals surface area contributed by atoms with Gasteiger partial charge in [-0.1, -0.05) is 32.0 Å². The minimum Gasteiger partial charge on any atom is -0.352 e. The molecule has 0 saturated carbocycles. The van der Waals surface area contributed by atoms with E-state index in [-0.39, 0.29) is 23.5 Å². The molecular weight excluding hydrogens is 422 g/mol. The second-order valence-electron chi connectivity index (χ2n) is 7.44. The molecule has 0 heterocycles. The molecule has 0 bridgehead atoms. The number of likely N-dealkylation sites (N-methyl/N-ethyl adjacent to an activating group) is 1. The predicted molar refractivity (Wildman–Crippen MR) is 128 cm³/mol. The number of non-ortho nitro benzene ring substituents is 1. The van der Waals surface area contributed by atoms with E-state index in [0.29, 0.717) is 24.1 Å². The number of benzene rings is 2. The fourth-order valence-electron chi connectivity index (χ4n) is 3.43. The number of nitrogens with one attached hydrogen (secondary N) is 2. The van der Waals surface area contributed by atoms with Gasteiger partial charge in [0.25, 0.3) is 17.5 Å². The molecule has 0 spiro atoms. The van der Waals surface area contributed by atoms with Crippen molar-refractivity contribution in [2.75, 3.05) is 19.6 Å². The molecule has 9 nitrogen and oxygen atoms in total. The van der Waals surface area contributed by atoms with Crippen LogP contribution in [0.15, 0.2) is 59.7 Å². The molecule has 0 fully saturated rings. The number of unbranched alkanes of at least 4 members (excludes halogenated alkanes) is 1. The molecule has 0 aliphatic heterocycles. The highest BCUT2D eigenvalue weighted by Crippen LogP contribution is 2.11. The molecule has 2 amide bonds. The topological polar surface area (TPSA) is 117 Å². The summed E-state index contributed by atoms with van der Waals surface area (Å²) in [5.74, 6) is -0.306. The Hall–Kier alpha value is -3.59. The van der Waals surface area contributed by atoms with Gasteiger partial charge in [-0.3, -0.25) is 24.6 Å². The number of carbonyl (C=O) groups excluding carboxylic acids is 2. The van der Waals surface area contributed by atoms with Crippen molar-refractivity contribution in [3.8, 4) is 0 Å². The first-order chi connectivity index (χ1) is 16.0. The first-order valence-electron chi connectivity index (χ1n) is 11.1. The van der Waals surface area contributed by atoms with Crippen molar-refractivity contribution < 1.29 is 14.5 Å². The Balaban J connectivity index is 1.83. The Morgan fingerprint density at radius 3 is 2.33 bits per heavy atom. The van der Waals surface area contributed by atoms with E-state index in [1.165, 1.54) is 18.3 Å². The van der Waals surface area contributed by atoms with Crippen LogP contribution in [0.2, 0.25) is 0 Å². The summed E-state index contributed by atoms with van der Waals surface area (Å²) in [4.78, 5) is 37.2. The van der Waals surface area contributed by atoms with Gasteiger partial charge in [0.2, 0.25) is 0 Å². The van der Waals surface area contributed by atoms with Crippen molar-refractivity contribution in [2.45, 2.75) is 39.2 Å². The molecule has 2 aromatic rings. The van der Waals surface area contributed by atoms with Gasteiger partial charge in [0.15, 0.2) is 0 Å². The first-order valence-corrected chi connectivity index (χ1v) is 11.1. The number of rotatable bonds is 13. The lowest BCUT2D eigenvalue weighted by atomic mass is 10.1. The van der Waals surface area contributed by atoms with Gasteiger partial charge < -0.3 is 5.32 Å². The van der Waals surface area contributed by atoms with Crippen molar-refractivity contribution >= 4 is 23.7 Å². The Bertz CT molecular complexity index is 928. The van der Waals surface area contributed by atoms with Crippen LogP contribution in [-0.2, 0) is 4.79 Å². The number of nitro groups is 1. The molecule has 2 N–H and O–H groups in total. The summed E-state index contributed by atoms with van der Waals surface area (Å²) in [6.07, 6.45) is 3.63. The highest BCUT2D eigenvalue weighted by Gasteiger charge is 2.23. The fraction of sp³-hybridized carbons (Fsp3) is 0.375. The summed E-state index contributed by atoms with van der Waals surface area (Å²) in [5, 5.41) is 17.6. The Morgan fingerprint density at radius 1 is 1.06 bits per heavy atom. The van der Waals surface area contributed by atoms with Gasteiger partial charge in [0, 0.05) is 24.2 Å². The Morgan fingerprint density at radius 2 is 1.73 bits per heavy atom. The first kappa shape index (κ1) is 25.7. The van der Waals surface area contributed by atoms with Crippen molar-refractivity contribution in [2.24, 2.45) is 5.10 Å². The molecule has 9 heteroatoms. The van der Waals surface area contributed by atoms with Crippen LogP contribution in [0.4, 0.5) is 5.69 Å². The Kier molecular flexibility index (Phi) is 10.7. The van der Waals surface area contributed by atoms with Crippen molar-refractivity contribution in [3.05, 3.63) is 75.8 Å². The van der Waals surface area contributed by atoms with Crippen LogP contribution in [-0.4, -0.2) is 53.5 Å². The van der Waals surface area contributed by atoms with Crippen LogP contribution in [0.25, 0.3) is 0 Å². The minimum absolute atomic E-state index is 0.00209. The SMILES string of the molecule is CCN(CC)C(CCCCNC(=O)c1ccccc1)C(=O)N/N=C/c1ccc([N+](=O)[O-])cc1. The largest absolute Gasteiger partial charge is 0.352 e. The van der Waals surface area contributed by atoms with E-state index in [9.17, 15) is 19.7 Å². The maximum atomic E-state index is 12.8. The van der Waals surface area contributed by atoms with E-state index in [1.807, 2.05) is 32.0 Å². The van der Waals surface area contributed by atoms with E-state index in [4.69, 9.17) is 0 Å². The zero-order valence-corrected chi connectivity index (χ0v) is 19.1. The van der Waals surface area contributed by atoms with Gasteiger partial charge in [-0.25, -0.2) is 5.43 Å². The number of hydrogen-bond donors (Lipinski definition) is 2. The fourth-order valence-corrected chi connectivity index (χ4v) is 3.43. The molecule has 0 aromatic heterocycles. The summed E-state index contributed by atoms with van der Waals surface area (Å²) >= 11 is 0. The second kappa shape index (κ2) is 13.7. The third kappa shape index (κ3) is 8.46. The maximum absolute atomic E-state index is 12.8. The molecule has 2 rings (SSSR count). The number of amides is 2. The quantitative estimate of drug-likeness (QED) is 0.209. The van der Waals surface area contributed by atoms with Crippen LogP contribution in [0.5, 0.6) is 0 Å². The average molecular weight is 454 g/mol. The molecule has 0 aliphatic rings. The third-order valence-corrected chi connectivity index (χ3v) is 5.27. The zero-order valence-electron chi connectivity index (χ0n) is 19.1. The Labute approximate surface area is 194 Å². The highest BCUT2D eigenvalue weighted by atomic mass is 16.6. The second-order valence-corrected chi connectivity index (χ2v) is 7.44. The van der Waals surface area contributed by atoms with E-state index >= 15 is 0 Å². The van der Waals surface area contributed by atoms with Crippen molar-refractivity contribution in [1.82, 2.24) is 15.6 Å². The number of carbonyl (C=O) groups is 2. The molecule has 2 aromatic carbocycles. The third-order valence-electron chi connectivity index (χ3n) is 5.27. The summed E-state index contributed by atoms with van der Waals surface area (Å²) in [7, 11) is 0. The molecule has 0 aliphatic carbocycles. The van der Waals surface area contributed by atoms with Gasteiger partial charge in [-0.05, 0) is 62.2 Å². The van der Waals surface area contributed by atoms with Crippen molar-refractivity contribution in [1.29, 1.82) is 0 Å². The predicted octanol–water partition coefficient (Wildman–Crippen LogP) is 3.36. The molecule has 33 heavy (non-hydrogen) atoms. The molecule has 176 valence electrons. The molecular formula is C24H31N5O4. The van der Waals surface area contributed by atoms with Gasteiger partial charge in [-0.15, -0.1) is 0 Å². The number of hydrazone groups is 1. The van der Waals surface area contributed by atoms with E-state index in [2.05, 4.69) is 20.7 Å². The molecule has 1 atom stereocenters. The van der Waals surface area contributed by atoms with E-state index in [0.717, 1.165) is 25.9 Å². The lowest BCUT2D eigenvalue weighted by molar-refractivity contribution is -0.384. The van der Waals surface area contributed by atoms with Crippen LogP contribution < -0.4 is 10.7 Å². The zero-order chi connectivity index (χ0) is 24.1. The number of hydrogen-bond acceptors (Lipinski definition) is 6. The summed E-state index contributed by atoms with van der Waals surface area (Å²) in [6.45, 7) is 6.00. The lowest BCUT2D eigenvalue weighted by Gasteiger charge is -2.28. The van der Waals surface area contributed by atoms with Crippen LogP contribution >= 0.6 is 0 Å². The normalized spacial score (nSPS) is 12.0. The highest BCUT2D eigenvalue weighted by molar-refractivity contribution is 5.94. The van der Waals surface area contributed by atoms with Gasteiger partial charge in [0.05, 0.1) is 17.2 Å². The van der Waals surface area contributed by atoms with E-state index in [1.54, 1.807) is 24.3 Å². The lowest BCUT2D eigenvalue weighted by Crippen LogP contribution is -2.45. The smallest absolute Gasteiger partial charge is 0.269 e. The number of nitrogens with zero attached hydrogens (tertiary/aromatic N) is 3. The molecule has 0 radical (unpaired) electrons. The number of nitro benzene ring substituents is 1. The van der Waals surface area contributed by atoms with Crippen LogP contribution in [0.1, 0.15) is 49.0 Å². The maximum Gasteiger partial charge on any atom is 0.269 e. The average Bonchev–Trinajstić information content (AvgIpc) is 2.84. The summed E-state index contributed by atoms with van der Waals surface area (Å²) in [5.41, 5.74) is 3.86. The van der Waals surface area contributed by atoms with Crippen molar-refractivity contribution in [3.63, 3.8) is 0 Å². The van der Waals surface area contributed by atoms with Crippen LogP contribution in [0, 0.1) is 10.1 Å². The summed E-state index contributed by atoms with van der Waals surface area (Å²) in [6, 6.07) is 14.6. The standard InChI is InChI=1S/C24H31N5O4/c1-3-28(4-2)22(12-8-9-17-25-23(30)20-10-6-5-7-11-20)24(31)27-26-18-19-13-15-21(16-14-19)29(32)33/h5-7,10-11,13-16,18,22H,3-4,8-9,12,17H2,1-2H3,(H,25,30)(H,27,31)/b26-18+. The van der Waals surface area contributed by atoms with Gasteiger partial charge in [-0.2, -0.15) is 5.10 Å². The van der Waals surface area contributed by atoms with Crippen LogP contribution in [0.3, 0.4) is 0 Å². The van der Waals surface area contributed by atoms with Gasteiger partial charge >= 0.3 is 0 Å². The molecule has 0 saturated heterocycles. The van der Waals surface area contributed by atoms with E-state index < -0.39 is 4.92 Å². The molecule has 1 unspecified atom stereocenters.